The third-order valence-electron chi connectivity index (χ3n) is 3.13. The first-order chi connectivity index (χ1) is 8.18. The molecule has 0 radical (unpaired) electrons. The number of carbonyl (C=O) groups excluding carboxylic acids is 1. The molecule has 0 aromatic heterocycles. The predicted octanol–water partition coefficient (Wildman–Crippen LogP) is 3.16. The zero-order chi connectivity index (χ0) is 12.3. The van der Waals surface area contributed by atoms with Gasteiger partial charge in [0.25, 0.3) is 0 Å². The number of hydrogen-bond donors (Lipinski definition) is 1. The molecule has 1 N–H and O–H groups in total. The Balaban J connectivity index is 2.06. The summed E-state index contributed by atoms with van der Waals surface area (Å²) in [6.07, 6.45) is 2.58. The highest BCUT2D eigenvalue weighted by Crippen LogP contribution is 2.22. The monoisotopic (exact) mass is 299 g/mol. The molecule has 1 aliphatic rings. The molecule has 0 saturated carbocycles. The highest BCUT2D eigenvalue weighted by Gasteiger charge is 2.20. The second kappa shape index (κ2) is 5.74. The minimum absolute atomic E-state index is 0.0995. The third kappa shape index (κ3) is 3.13. The Hall–Kier alpha value is -0.740. The Morgan fingerprint density at radius 1 is 1.53 bits per heavy atom. The van der Waals surface area contributed by atoms with Crippen LogP contribution in [0.2, 0.25) is 0 Å². The average molecular weight is 300 g/mol. The molecule has 2 nitrogen and oxygen atoms in total. The number of nitrogens with one attached hydrogen (secondary N) is 1. The van der Waals surface area contributed by atoms with Crippen LogP contribution in [0.25, 0.3) is 0 Å². The fraction of sp³-hybridized carbons (Fsp3) is 0.462. The molecule has 2 rings (SSSR count). The van der Waals surface area contributed by atoms with Gasteiger partial charge >= 0.3 is 0 Å². The van der Waals surface area contributed by atoms with E-state index in [-0.39, 0.29) is 11.3 Å². The van der Waals surface area contributed by atoms with Crippen LogP contribution < -0.4 is 5.32 Å². The molecule has 92 valence electrons. The van der Waals surface area contributed by atoms with Crippen molar-refractivity contribution < 1.29 is 9.18 Å². The summed E-state index contributed by atoms with van der Waals surface area (Å²) in [5.41, 5.74) is 0.199. The van der Waals surface area contributed by atoms with Crippen LogP contribution in [0.1, 0.15) is 29.6 Å². The van der Waals surface area contributed by atoms with Crippen LogP contribution in [0.4, 0.5) is 4.39 Å². The van der Waals surface area contributed by atoms with Crippen molar-refractivity contribution >= 4 is 21.7 Å². The molecule has 4 heteroatoms. The van der Waals surface area contributed by atoms with E-state index < -0.39 is 5.82 Å². The van der Waals surface area contributed by atoms with Gasteiger partial charge in [-0.1, -0.05) is 6.07 Å². The van der Waals surface area contributed by atoms with E-state index in [1.165, 1.54) is 0 Å². The van der Waals surface area contributed by atoms with Gasteiger partial charge in [0, 0.05) is 6.42 Å². The Morgan fingerprint density at radius 3 is 3.06 bits per heavy atom. The Kier molecular flexibility index (Phi) is 4.29. The van der Waals surface area contributed by atoms with E-state index in [0.717, 1.165) is 25.9 Å². The number of benzene rings is 1. The lowest BCUT2D eigenvalue weighted by molar-refractivity contribution is 0.0949. The van der Waals surface area contributed by atoms with Crippen LogP contribution in [0.3, 0.4) is 0 Å². The lowest BCUT2D eigenvalue weighted by Gasteiger charge is -2.22. The standard InChI is InChI=1S/C13H15BrFNO/c14-11-5-1-4-10(13(11)15)12(17)7-9-3-2-6-16-8-9/h1,4-5,9,16H,2-3,6-8H2. The number of hydrogen-bond acceptors (Lipinski definition) is 2. The minimum Gasteiger partial charge on any atom is -0.316 e. The maximum Gasteiger partial charge on any atom is 0.166 e. The number of halogens is 2. The maximum absolute atomic E-state index is 13.7. The zero-order valence-corrected chi connectivity index (χ0v) is 11.1. The summed E-state index contributed by atoms with van der Waals surface area (Å²) in [7, 11) is 0. The summed E-state index contributed by atoms with van der Waals surface area (Å²) >= 11 is 3.10. The van der Waals surface area contributed by atoms with Gasteiger partial charge in [0.1, 0.15) is 5.82 Å². The summed E-state index contributed by atoms with van der Waals surface area (Å²) in [4.78, 5) is 12.0. The number of rotatable bonds is 3. The molecule has 0 bridgehead atoms. The molecule has 1 aliphatic heterocycles. The van der Waals surface area contributed by atoms with Crippen LogP contribution >= 0.6 is 15.9 Å². The number of piperidine rings is 1. The first-order valence-corrected chi connectivity index (χ1v) is 6.65. The van der Waals surface area contributed by atoms with Gasteiger partial charge in [0.2, 0.25) is 0 Å². The van der Waals surface area contributed by atoms with E-state index in [9.17, 15) is 9.18 Å². The molecule has 0 amide bonds. The summed E-state index contributed by atoms with van der Waals surface area (Å²) in [5, 5.41) is 3.26. The van der Waals surface area contributed by atoms with Crippen molar-refractivity contribution in [2.24, 2.45) is 5.92 Å². The second-order valence-electron chi connectivity index (χ2n) is 4.44. The molecule has 1 aromatic carbocycles. The maximum atomic E-state index is 13.7. The van der Waals surface area contributed by atoms with Crippen LogP contribution in [-0.4, -0.2) is 18.9 Å². The summed E-state index contributed by atoms with van der Waals surface area (Å²) in [6.45, 7) is 1.89. The van der Waals surface area contributed by atoms with Crippen LogP contribution in [0, 0.1) is 11.7 Å². The van der Waals surface area contributed by atoms with Crippen LogP contribution in [0.15, 0.2) is 22.7 Å². The van der Waals surface area contributed by atoms with Gasteiger partial charge < -0.3 is 5.32 Å². The molecule has 1 saturated heterocycles. The van der Waals surface area contributed by atoms with Crippen molar-refractivity contribution in [1.29, 1.82) is 0 Å². The minimum atomic E-state index is -0.443. The second-order valence-corrected chi connectivity index (χ2v) is 5.30. The van der Waals surface area contributed by atoms with Crippen molar-refractivity contribution in [2.75, 3.05) is 13.1 Å². The smallest absolute Gasteiger partial charge is 0.166 e. The van der Waals surface area contributed by atoms with Gasteiger partial charge in [0.05, 0.1) is 10.0 Å². The number of carbonyl (C=O) groups is 1. The molecule has 0 spiro atoms. The van der Waals surface area contributed by atoms with Crippen molar-refractivity contribution in [2.45, 2.75) is 19.3 Å². The Bertz CT molecular complexity index is 416. The fourth-order valence-corrected chi connectivity index (χ4v) is 2.56. The molecule has 1 atom stereocenters. The predicted molar refractivity (Wildman–Crippen MR) is 68.6 cm³/mol. The largest absolute Gasteiger partial charge is 0.316 e. The van der Waals surface area contributed by atoms with Gasteiger partial charge in [-0.3, -0.25) is 4.79 Å². The zero-order valence-electron chi connectivity index (χ0n) is 9.51. The van der Waals surface area contributed by atoms with Gasteiger partial charge in [-0.15, -0.1) is 0 Å². The first-order valence-electron chi connectivity index (χ1n) is 5.86. The van der Waals surface area contributed by atoms with E-state index in [0.29, 0.717) is 16.8 Å². The summed E-state index contributed by atoms with van der Waals surface area (Å²) < 4.78 is 14.1. The molecule has 1 aromatic rings. The van der Waals surface area contributed by atoms with Gasteiger partial charge in [-0.2, -0.15) is 0 Å². The normalized spacial score (nSPS) is 20.2. The molecular weight excluding hydrogens is 285 g/mol. The van der Waals surface area contributed by atoms with E-state index in [1.54, 1.807) is 18.2 Å². The molecule has 1 unspecified atom stereocenters. The highest BCUT2D eigenvalue weighted by molar-refractivity contribution is 9.10. The van der Waals surface area contributed by atoms with Crippen molar-refractivity contribution in [3.8, 4) is 0 Å². The highest BCUT2D eigenvalue weighted by atomic mass is 79.9. The van der Waals surface area contributed by atoms with Crippen molar-refractivity contribution in [1.82, 2.24) is 5.32 Å². The SMILES string of the molecule is O=C(CC1CCCNC1)c1cccc(Br)c1F. The molecule has 1 heterocycles. The van der Waals surface area contributed by atoms with E-state index in [4.69, 9.17) is 0 Å². The summed E-state index contributed by atoms with van der Waals surface area (Å²) in [6, 6.07) is 4.85. The number of Topliss-reactive ketones (excluding diaryl/α,β-unsaturated/α-hetero) is 1. The van der Waals surface area contributed by atoms with E-state index in [1.807, 2.05) is 0 Å². The van der Waals surface area contributed by atoms with Crippen LogP contribution in [-0.2, 0) is 0 Å². The van der Waals surface area contributed by atoms with Gasteiger partial charge in [0.15, 0.2) is 5.78 Å². The average Bonchev–Trinajstić information content (AvgIpc) is 2.34. The van der Waals surface area contributed by atoms with Crippen molar-refractivity contribution in [3.63, 3.8) is 0 Å². The lowest BCUT2D eigenvalue weighted by atomic mass is 9.92. The molecule has 0 aliphatic carbocycles. The number of ketones is 1. The lowest BCUT2D eigenvalue weighted by Crippen LogP contribution is -2.31. The molecule has 1 fully saturated rings. The topological polar surface area (TPSA) is 29.1 Å². The van der Waals surface area contributed by atoms with E-state index in [2.05, 4.69) is 21.2 Å². The third-order valence-corrected chi connectivity index (χ3v) is 3.74. The summed E-state index contributed by atoms with van der Waals surface area (Å²) in [5.74, 6) is -0.201. The Labute approximate surface area is 109 Å². The van der Waals surface area contributed by atoms with Gasteiger partial charge in [-0.05, 0) is 59.9 Å². The van der Waals surface area contributed by atoms with Crippen molar-refractivity contribution in [3.05, 3.63) is 34.1 Å². The molecule has 17 heavy (non-hydrogen) atoms. The van der Waals surface area contributed by atoms with Crippen LogP contribution in [0.5, 0.6) is 0 Å². The molecular formula is C13H15BrFNO. The Morgan fingerprint density at radius 2 is 2.35 bits per heavy atom. The van der Waals surface area contributed by atoms with Gasteiger partial charge in [-0.25, -0.2) is 4.39 Å². The quantitative estimate of drug-likeness (QED) is 0.869. The van der Waals surface area contributed by atoms with E-state index >= 15 is 0 Å². The fourth-order valence-electron chi connectivity index (χ4n) is 2.19. The first kappa shape index (κ1) is 12.7.